The molecule has 0 atom stereocenters. The van der Waals surface area contributed by atoms with Crippen molar-refractivity contribution in [1.29, 1.82) is 0 Å². The van der Waals surface area contributed by atoms with Crippen LogP contribution < -0.4 is 0 Å². The SMILES string of the molecule is Cc1ccc(C=CC=NO)c(-c2ccccc2)c1Cl. The maximum atomic E-state index is 8.42. The molecule has 3 heteroatoms. The molecule has 19 heavy (non-hydrogen) atoms. The standard InChI is InChI=1S/C16H14ClNO/c1-12-9-10-14(8-5-11-18-19)15(16(12)17)13-6-3-2-4-7-13/h2-11,19H,1H3. The second-order valence-corrected chi connectivity index (χ2v) is 4.53. The zero-order chi connectivity index (χ0) is 13.7. The highest BCUT2D eigenvalue weighted by atomic mass is 35.5. The molecule has 0 unspecified atom stereocenters. The lowest BCUT2D eigenvalue weighted by atomic mass is 9.97. The minimum Gasteiger partial charge on any atom is -0.411 e. The molecule has 0 saturated heterocycles. The second kappa shape index (κ2) is 6.21. The van der Waals surface area contributed by atoms with Crippen molar-refractivity contribution in [2.45, 2.75) is 6.92 Å². The Morgan fingerprint density at radius 1 is 1.11 bits per heavy atom. The van der Waals surface area contributed by atoms with Crippen LogP contribution in [0, 0.1) is 6.92 Å². The third kappa shape index (κ3) is 3.04. The summed E-state index contributed by atoms with van der Waals surface area (Å²) in [4.78, 5) is 0. The summed E-state index contributed by atoms with van der Waals surface area (Å²) >= 11 is 6.43. The molecular weight excluding hydrogens is 258 g/mol. The van der Waals surface area contributed by atoms with Crippen LogP contribution >= 0.6 is 11.6 Å². The van der Waals surface area contributed by atoms with Crippen LogP contribution in [0.3, 0.4) is 0 Å². The van der Waals surface area contributed by atoms with Gasteiger partial charge in [-0.1, -0.05) is 65.3 Å². The molecular formula is C16H14ClNO. The molecule has 96 valence electrons. The zero-order valence-corrected chi connectivity index (χ0v) is 11.3. The number of aryl methyl sites for hydroxylation is 1. The van der Waals surface area contributed by atoms with E-state index in [0.717, 1.165) is 27.3 Å². The first kappa shape index (κ1) is 13.4. The van der Waals surface area contributed by atoms with Gasteiger partial charge in [0.15, 0.2) is 0 Å². The van der Waals surface area contributed by atoms with Gasteiger partial charge >= 0.3 is 0 Å². The first-order valence-electron chi connectivity index (χ1n) is 5.92. The fraction of sp³-hybridized carbons (Fsp3) is 0.0625. The lowest BCUT2D eigenvalue weighted by Crippen LogP contribution is -1.88. The van der Waals surface area contributed by atoms with Crippen LogP contribution in [0.25, 0.3) is 17.2 Å². The van der Waals surface area contributed by atoms with Gasteiger partial charge in [0.05, 0.1) is 11.2 Å². The van der Waals surface area contributed by atoms with E-state index in [1.807, 2.05) is 55.5 Å². The van der Waals surface area contributed by atoms with E-state index in [9.17, 15) is 0 Å². The number of hydrogen-bond donors (Lipinski definition) is 1. The van der Waals surface area contributed by atoms with Crippen LogP contribution in [0.5, 0.6) is 0 Å². The summed E-state index contributed by atoms with van der Waals surface area (Å²) in [6.45, 7) is 1.98. The van der Waals surface area contributed by atoms with E-state index in [1.54, 1.807) is 6.08 Å². The molecule has 0 aliphatic heterocycles. The zero-order valence-electron chi connectivity index (χ0n) is 10.5. The summed E-state index contributed by atoms with van der Waals surface area (Å²) < 4.78 is 0. The molecule has 1 N–H and O–H groups in total. The Hall–Kier alpha value is -2.06. The quantitative estimate of drug-likeness (QED) is 0.486. The molecule has 0 aromatic heterocycles. The summed E-state index contributed by atoms with van der Waals surface area (Å²) in [6, 6.07) is 14.0. The number of halogens is 1. The van der Waals surface area contributed by atoms with Gasteiger partial charge in [-0.05, 0) is 29.7 Å². The third-order valence-corrected chi connectivity index (χ3v) is 3.35. The number of hydrogen-bond acceptors (Lipinski definition) is 2. The van der Waals surface area contributed by atoms with E-state index < -0.39 is 0 Å². The van der Waals surface area contributed by atoms with Crippen molar-refractivity contribution in [3.8, 4) is 11.1 Å². The first-order chi connectivity index (χ1) is 9.24. The van der Waals surface area contributed by atoms with E-state index in [-0.39, 0.29) is 0 Å². The van der Waals surface area contributed by atoms with Crippen molar-refractivity contribution >= 4 is 23.9 Å². The largest absolute Gasteiger partial charge is 0.411 e. The monoisotopic (exact) mass is 271 g/mol. The number of nitrogens with zero attached hydrogens (tertiary/aromatic N) is 1. The van der Waals surface area contributed by atoms with E-state index in [2.05, 4.69) is 5.16 Å². The normalized spacial score (nSPS) is 11.5. The topological polar surface area (TPSA) is 32.6 Å². The smallest absolute Gasteiger partial charge is 0.0661 e. The molecule has 0 radical (unpaired) electrons. The number of rotatable bonds is 3. The Morgan fingerprint density at radius 2 is 1.84 bits per heavy atom. The van der Waals surface area contributed by atoms with Gasteiger partial charge in [0, 0.05) is 5.56 Å². The average Bonchev–Trinajstić information content (AvgIpc) is 2.44. The first-order valence-corrected chi connectivity index (χ1v) is 6.30. The van der Waals surface area contributed by atoms with Gasteiger partial charge in [0.25, 0.3) is 0 Å². The second-order valence-electron chi connectivity index (χ2n) is 4.15. The maximum absolute atomic E-state index is 8.42. The molecule has 0 fully saturated rings. The van der Waals surface area contributed by atoms with Crippen LogP contribution in [0.1, 0.15) is 11.1 Å². The molecule has 0 bridgehead atoms. The summed E-state index contributed by atoms with van der Waals surface area (Å²) in [5, 5.41) is 12.1. The predicted octanol–water partition coefficient (Wildman–Crippen LogP) is 4.79. The van der Waals surface area contributed by atoms with Crippen molar-refractivity contribution in [3.63, 3.8) is 0 Å². The van der Waals surface area contributed by atoms with Crippen molar-refractivity contribution in [2.24, 2.45) is 5.16 Å². The fourth-order valence-corrected chi connectivity index (χ4v) is 2.20. The number of allylic oxidation sites excluding steroid dienone is 1. The maximum Gasteiger partial charge on any atom is 0.0661 e. The van der Waals surface area contributed by atoms with Crippen molar-refractivity contribution in [3.05, 3.63) is 64.7 Å². The predicted molar refractivity (Wildman–Crippen MR) is 80.9 cm³/mol. The Kier molecular flexibility index (Phi) is 4.37. The van der Waals surface area contributed by atoms with Crippen LogP contribution in [0.15, 0.2) is 53.7 Å². The van der Waals surface area contributed by atoms with Crippen molar-refractivity contribution in [2.75, 3.05) is 0 Å². The van der Waals surface area contributed by atoms with Gasteiger partial charge < -0.3 is 5.21 Å². The van der Waals surface area contributed by atoms with Gasteiger partial charge in [-0.15, -0.1) is 0 Å². The van der Waals surface area contributed by atoms with Crippen molar-refractivity contribution in [1.82, 2.24) is 0 Å². The van der Waals surface area contributed by atoms with Gasteiger partial charge in [-0.3, -0.25) is 0 Å². The van der Waals surface area contributed by atoms with E-state index in [0.29, 0.717) is 0 Å². The van der Waals surface area contributed by atoms with Crippen LogP contribution in [-0.4, -0.2) is 11.4 Å². The fourth-order valence-electron chi connectivity index (χ4n) is 1.92. The Labute approximate surface area is 117 Å². The lowest BCUT2D eigenvalue weighted by Gasteiger charge is -2.11. The Balaban J connectivity index is 2.59. The van der Waals surface area contributed by atoms with E-state index in [4.69, 9.17) is 16.8 Å². The molecule has 0 aliphatic rings. The van der Waals surface area contributed by atoms with Crippen molar-refractivity contribution < 1.29 is 5.21 Å². The van der Waals surface area contributed by atoms with E-state index >= 15 is 0 Å². The van der Waals surface area contributed by atoms with Crippen LogP contribution in [0.2, 0.25) is 5.02 Å². The van der Waals surface area contributed by atoms with Gasteiger partial charge in [-0.2, -0.15) is 0 Å². The van der Waals surface area contributed by atoms with Crippen LogP contribution in [-0.2, 0) is 0 Å². The summed E-state index contributed by atoms with van der Waals surface area (Å²) in [6.07, 6.45) is 4.86. The number of benzene rings is 2. The summed E-state index contributed by atoms with van der Waals surface area (Å²) in [5.41, 5.74) is 4.08. The van der Waals surface area contributed by atoms with Crippen LogP contribution in [0.4, 0.5) is 0 Å². The molecule has 0 spiro atoms. The lowest BCUT2D eigenvalue weighted by molar-refractivity contribution is 0.322. The molecule has 0 amide bonds. The van der Waals surface area contributed by atoms with Gasteiger partial charge in [0.1, 0.15) is 0 Å². The molecule has 2 nitrogen and oxygen atoms in total. The Morgan fingerprint density at radius 3 is 2.53 bits per heavy atom. The molecule has 2 aromatic carbocycles. The molecule has 2 rings (SSSR count). The summed E-state index contributed by atoms with van der Waals surface area (Å²) in [7, 11) is 0. The molecule has 0 saturated carbocycles. The third-order valence-electron chi connectivity index (χ3n) is 2.86. The average molecular weight is 272 g/mol. The highest BCUT2D eigenvalue weighted by molar-refractivity contribution is 6.34. The van der Waals surface area contributed by atoms with Gasteiger partial charge in [0.2, 0.25) is 0 Å². The van der Waals surface area contributed by atoms with E-state index in [1.165, 1.54) is 6.21 Å². The molecule has 0 heterocycles. The highest BCUT2D eigenvalue weighted by Crippen LogP contribution is 2.34. The number of oxime groups is 1. The minimum atomic E-state index is 0.745. The minimum absolute atomic E-state index is 0.745. The summed E-state index contributed by atoms with van der Waals surface area (Å²) in [5.74, 6) is 0. The Bertz CT molecular complexity index is 618. The highest BCUT2D eigenvalue weighted by Gasteiger charge is 2.09. The molecule has 0 aliphatic carbocycles. The van der Waals surface area contributed by atoms with Gasteiger partial charge in [-0.25, -0.2) is 0 Å². The molecule has 2 aromatic rings.